The highest BCUT2D eigenvalue weighted by Gasteiger charge is 2.49. The summed E-state index contributed by atoms with van der Waals surface area (Å²) in [5, 5.41) is 10.5. The van der Waals surface area contributed by atoms with Gasteiger partial charge in [-0.1, -0.05) is 6.58 Å². The fraction of sp³-hybridized carbons (Fsp3) is 0.441. The topological polar surface area (TPSA) is 125 Å². The molecule has 0 bridgehead atoms. The number of rotatable bonds is 8. The van der Waals surface area contributed by atoms with Crippen LogP contribution in [0.3, 0.4) is 0 Å². The van der Waals surface area contributed by atoms with Crippen molar-refractivity contribution in [3.8, 4) is 23.3 Å². The van der Waals surface area contributed by atoms with Gasteiger partial charge in [-0.05, 0) is 57.9 Å². The van der Waals surface area contributed by atoms with Gasteiger partial charge in [0.2, 0.25) is 5.91 Å². The second-order valence-electron chi connectivity index (χ2n) is 12.7. The Morgan fingerprint density at radius 3 is 2.90 bits per heavy atom. The second-order valence-corrected chi connectivity index (χ2v) is 13.8. The van der Waals surface area contributed by atoms with Crippen molar-refractivity contribution >= 4 is 49.1 Å². The number of hydrogen-bond acceptors (Lipinski definition) is 10. The van der Waals surface area contributed by atoms with E-state index in [1.54, 1.807) is 4.90 Å². The van der Waals surface area contributed by atoms with Crippen LogP contribution in [0.25, 0.3) is 32.2 Å². The van der Waals surface area contributed by atoms with Crippen LogP contribution in [0.1, 0.15) is 45.1 Å². The number of nitriles is 1. The highest BCUT2D eigenvalue weighted by molar-refractivity contribution is 7.23. The van der Waals surface area contributed by atoms with E-state index in [4.69, 9.17) is 15.5 Å². The van der Waals surface area contributed by atoms with E-state index in [1.165, 1.54) is 24.4 Å². The van der Waals surface area contributed by atoms with Crippen LogP contribution in [0.2, 0.25) is 0 Å². The number of thiophene rings is 1. The Morgan fingerprint density at radius 1 is 1.33 bits per heavy atom. The van der Waals surface area contributed by atoms with Gasteiger partial charge in [0.25, 0.3) is 0 Å². The van der Waals surface area contributed by atoms with Crippen LogP contribution in [0.5, 0.6) is 6.01 Å². The number of alkyl halides is 1. The summed E-state index contributed by atoms with van der Waals surface area (Å²) in [5.41, 5.74) is 5.62. The van der Waals surface area contributed by atoms with Crippen LogP contribution >= 0.6 is 11.3 Å². The minimum absolute atomic E-state index is 0.0484. The number of likely N-dealkylation sites (N-methyl/N-ethyl adjacent to an activating group) is 1. The highest BCUT2D eigenvalue weighted by atomic mass is 32.1. The predicted molar refractivity (Wildman–Crippen MR) is 179 cm³/mol. The van der Waals surface area contributed by atoms with Gasteiger partial charge in [-0.15, -0.1) is 11.3 Å². The van der Waals surface area contributed by atoms with Crippen molar-refractivity contribution < 1.29 is 22.7 Å². The number of fused-ring (bicyclic) bond motifs is 3. The summed E-state index contributed by atoms with van der Waals surface area (Å²) in [5.74, 6) is -1.16. The molecule has 7 rings (SSSR count). The molecule has 6 heterocycles. The van der Waals surface area contributed by atoms with Gasteiger partial charge in [-0.2, -0.15) is 15.2 Å². The molecule has 2 unspecified atom stereocenters. The average molecular weight is 677 g/mol. The third-order valence-corrected chi connectivity index (χ3v) is 11.3. The highest BCUT2D eigenvalue weighted by Crippen LogP contribution is 2.43. The number of carbonyl (C=O) groups excluding carboxylic acids is 1. The number of benzene rings is 1. The monoisotopic (exact) mass is 676 g/mol. The standard InChI is InChI=1S/C34H35F3N8O2S/c1-4-25(46)45-12-9-24(18(45)3)44(5-2)32-22-15-40-28(20-7-8-23(36)30-26(20)21(14-38)31(39)48-30)27(37)29(22)41-33(42-32)47-17-34-10-6-11-43(34)16-19(35)13-34/h4,7-8,15,18-19,24H,1,5-6,9-13,16-17,39H2,2-3H3/t18?,19-,24?,34+/m1/s1. The Hall–Kier alpha value is -4.48. The first-order valence-electron chi connectivity index (χ1n) is 16.1. The van der Waals surface area contributed by atoms with Gasteiger partial charge in [0.1, 0.15) is 46.7 Å². The van der Waals surface area contributed by atoms with Crippen molar-refractivity contribution in [1.82, 2.24) is 24.8 Å². The van der Waals surface area contributed by atoms with Gasteiger partial charge in [0.15, 0.2) is 5.82 Å². The molecule has 0 aliphatic carbocycles. The molecule has 1 aromatic carbocycles. The zero-order chi connectivity index (χ0) is 33.9. The van der Waals surface area contributed by atoms with Crippen LogP contribution in [-0.2, 0) is 4.79 Å². The minimum Gasteiger partial charge on any atom is -0.461 e. The first-order chi connectivity index (χ1) is 23.1. The summed E-state index contributed by atoms with van der Waals surface area (Å²) in [6, 6.07) is 4.17. The normalized spacial score (nSPS) is 23.9. The molecule has 3 fully saturated rings. The van der Waals surface area contributed by atoms with E-state index in [9.17, 15) is 18.8 Å². The maximum absolute atomic E-state index is 16.9. The van der Waals surface area contributed by atoms with Gasteiger partial charge in [0, 0.05) is 49.2 Å². The number of pyridine rings is 1. The molecule has 250 valence electrons. The average Bonchev–Trinajstić information content (AvgIpc) is 3.82. The molecule has 48 heavy (non-hydrogen) atoms. The number of halogens is 3. The predicted octanol–water partition coefficient (Wildman–Crippen LogP) is 5.60. The molecule has 10 nitrogen and oxygen atoms in total. The van der Waals surface area contributed by atoms with Crippen molar-refractivity contribution in [3.63, 3.8) is 0 Å². The number of amides is 1. The third-order valence-electron chi connectivity index (χ3n) is 10.2. The van der Waals surface area contributed by atoms with Crippen LogP contribution < -0.4 is 15.4 Å². The first-order valence-corrected chi connectivity index (χ1v) is 16.9. The fourth-order valence-electron chi connectivity index (χ4n) is 7.95. The fourth-order valence-corrected chi connectivity index (χ4v) is 8.90. The van der Waals surface area contributed by atoms with E-state index in [1.807, 2.05) is 24.8 Å². The van der Waals surface area contributed by atoms with E-state index < -0.39 is 23.3 Å². The lowest BCUT2D eigenvalue weighted by molar-refractivity contribution is -0.126. The summed E-state index contributed by atoms with van der Waals surface area (Å²) in [6.45, 7) is 9.81. The number of hydrogen-bond donors (Lipinski definition) is 1. The Morgan fingerprint density at radius 2 is 2.15 bits per heavy atom. The van der Waals surface area contributed by atoms with Crippen LogP contribution in [0.15, 0.2) is 31.0 Å². The van der Waals surface area contributed by atoms with Crippen molar-refractivity contribution in [2.24, 2.45) is 0 Å². The lowest BCUT2D eigenvalue weighted by Gasteiger charge is -2.34. The zero-order valence-corrected chi connectivity index (χ0v) is 27.5. The number of aromatic nitrogens is 3. The first kappa shape index (κ1) is 32.1. The van der Waals surface area contributed by atoms with Crippen molar-refractivity contribution in [3.05, 3.63) is 48.2 Å². The number of likely N-dealkylation sites (tertiary alicyclic amines) is 1. The lowest BCUT2D eigenvalue weighted by atomic mass is 9.95. The van der Waals surface area contributed by atoms with Gasteiger partial charge in [-0.25, -0.2) is 13.2 Å². The number of nitrogens with zero attached hydrogens (tertiary/aromatic N) is 7. The second kappa shape index (κ2) is 12.2. The maximum Gasteiger partial charge on any atom is 0.319 e. The number of anilines is 2. The van der Waals surface area contributed by atoms with Crippen LogP contribution in [0, 0.1) is 23.0 Å². The van der Waals surface area contributed by atoms with E-state index >= 15 is 4.39 Å². The number of carbonyl (C=O) groups is 1. The maximum atomic E-state index is 16.9. The molecule has 3 aliphatic heterocycles. The Kier molecular flexibility index (Phi) is 8.15. The van der Waals surface area contributed by atoms with Crippen molar-refractivity contribution in [2.45, 2.75) is 63.3 Å². The molecule has 14 heteroatoms. The summed E-state index contributed by atoms with van der Waals surface area (Å²) in [6.07, 6.45) is 4.50. The molecule has 0 saturated carbocycles. The van der Waals surface area contributed by atoms with Crippen molar-refractivity contribution in [1.29, 1.82) is 5.26 Å². The minimum atomic E-state index is -0.953. The summed E-state index contributed by atoms with van der Waals surface area (Å²) in [7, 11) is 0. The smallest absolute Gasteiger partial charge is 0.319 e. The van der Waals surface area contributed by atoms with Crippen LogP contribution in [0.4, 0.5) is 24.0 Å². The van der Waals surface area contributed by atoms with E-state index in [2.05, 4.69) is 21.4 Å². The van der Waals surface area contributed by atoms with E-state index in [0.29, 0.717) is 43.7 Å². The molecule has 2 N–H and O–H groups in total. The number of nitrogens with two attached hydrogens (primary N) is 1. The Bertz CT molecular complexity index is 2000. The van der Waals surface area contributed by atoms with Crippen LogP contribution in [-0.4, -0.2) is 87.2 Å². The van der Waals surface area contributed by atoms with Gasteiger partial charge in [-0.3, -0.25) is 14.7 Å². The van der Waals surface area contributed by atoms with Gasteiger partial charge < -0.3 is 20.3 Å². The molecule has 3 aliphatic rings. The zero-order valence-electron chi connectivity index (χ0n) is 26.7. The molecule has 1 amide bonds. The van der Waals surface area contributed by atoms with E-state index in [-0.39, 0.29) is 68.0 Å². The Balaban J connectivity index is 1.37. The molecule has 0 spiro atoms. The molecule has 0 radical (unpaired) electrons. The molecule has 4 atom stereocenters. The van der Waals surface area contributed by atoms with Crippen molar-refractivity contribution in [2.75, 3.05) is 43.4 Å². The molecular weight excluding hydrogens is 641 g/mol. The summed E-state index contributed by atoms with van der Waals surface area (Å²) < 4.78 is 52.6. The third kappa shape index (κ3) is 5.02. The summed E-state index contributed by atoms with van der Waals surface area (Å²) >= 11 is 0.917. The Labute approximate surface area is 279 Å². The van der Waals surface area contributed by atoms with Gasteiger partial charge in [0.05, 0.1) is 27.2 Å². The number of ether oxygens (including phenoxy) is 1. The molecule has 3 aromatic heterocycles. The quantitative estimate of drug-likeness (QED) is 0.238. The number of nitrogen functional groups attached to an aromatic ring is 1. The molecular formula is C34H35F3N8O2S. The largest absolute Gasteiger partial charge is 0.461 e. The molecule has 4 aromatic rings. The molecule has 3 saturated heterocycles. The summed E-state index contributed by atoms with van der Waals surface area (Å²) in [4.78, 5) is 32.3. The van der Waals surface area contributed by atoms with E-state index in [0.717, 1.165) is 30.7 Å². The lowest BCUT2D eigenvalue weighted by Crippen LogP contribution is -2.45. The SMILES string of the molecule is C=CC(=O)N1CCC(N(CC)c2nc(OC[C@@]34CCCN3C[C@H](F)C4)nc3c(F)c(-c4ccc(F)c5sc(N)c(C#N)c45)ncc23)C1C. The van der Waals surface area contributed by atoms with Gasteiger partial charge >= 0.3 is 6.01 Å².